The number of hydrogen-bond acceptors (Lipinski definition) is 8. The summed E-state index contributed by atoms with van der Waals surface area (Å²) in [6, 6.07) is -1.49. The van der Waals surface area contributed by atoms with Crippen LogP contribution in [-0.4, -0.2) is 60.5 Å². The SMILES string of the molecule is CC/C=C\C/C=C\C/C=C\C/C=C\C/C=C\CCCC(=O)OC(COCCCCCCCCCCCC/C=C\CCCCCCCCCC)COP(=O)(O)OCC(N)C(=O)O. The number of carbonyl (C=O) groups excluding carboxylic acids is 1. The van der Waals surface area contributed by atoms with E-state index in [9.17, 15) is 19.0 Å². The van der Waals surface area contributed by atoms with Crippen LogP contribution in [0.5, 0.6) is 0 Å². The van der Waals surface area contributed by atoms with E-state index in [0.29, 0.717) is 19.4 Å². The number of ether oxygens (including phenoxy) is 2. The molecule has 0 radical (unpaired) electrons. The van der Waals surface area contributed by atoms with E-state index in [2.05, 4.69) is 80.7 Å². The van der Waals surface area contributed by atoms with Gasteiger partial charge in [-0.3, -0.25) is 18.6 Å². The second-order valence-electron chi connectivity index (χ2n) is 15.9. The maximum Gasteiger partial charge on any atom is 0.472 e. The van der Waals surface area contributed by atoms with Crippen molar-refractivity contribution < 1.29 is 42.7 Å². The van der Waals surface area contributed by atoms with Gasteiger partial charge in [-0.1, -0.05) is 183 Å². The molecule has 0 saturated heterocycles. The Morgan fingerprint density at radius 1 is 0.541 bits per heavy atom. The lowest BCUT2D eigenvalue weighted by atomic mass is 10.1. The number of carbonyl (C=O) groups is 2. The second-order valence-corrected chi connectivity index (χ2v) is 17.3. The fourth-order valence-corrected chi connectivity index (χ4v) is 7.06. The molecule has 0 aromatic rings. The minimum absolute atomic E-state index is 0.00973. The third-order valence-corrected chi connectivity index (χ3v) is 10.9. The molecule has 3 atom stereocenters. The van der Waals surface area contributed by atoms with Crippen LogP contribution in [0, 0.1) is 0 Å². The lowest BCUT2D eigenvalue weighted by Crippen LogP contribution is -2.34. The molecule has 0 amide bonds. The molecule has 0 aliphatic rings. The molecule has 352 valence electrons. The van der Waals surface area contributed by atoms with E-state index in [1.165, 1.54) is 109 Å². The first-order chi connectivity index (χ1) is 29.7. The lowest BCUT2D eigenvalue weighted by molar-refractivity contribution is -0.154. The number of rotatable bonds is 45. The molecule has 0 spiro atoms. The Bertz CT molecular complexity index is 1250. The van der Waals surface area contributed by atoms with Gasteiger partial charge in [0.1, 0.15) is 12.1 Å². The predicted octanol–water partition coefficient (Wildman–Crippen LogP) is 13.8. The van der Waals surface area contributed by atoms with Crippen LogP contribution in [-0.2, 0) is 32.7 Å². The summed E-state index contributed by atoms with van der Waals surface area (Å²) in [6.45, 7) is 3.70. The number of nitrogens with two attached hydrogens (primary N) is 1. The van der Waals surface area contributed by atoms with Crippen molar-refractivity contribution in [3.8, 4) is 0 Å². The Labute approximate surface area is 372 Å². The summed E-state index contributed by atoms with van der Waals surface area (Å²) in [4.78, 5) is 33.6. The van der Waals surface area contributed by atoms with Gasteiger partial charge < -0.3 is 25.2 Å². The molecule has 4 N–H and O–H groups in total. The molecule has 0 fully saturated rings. The van der Waals surface area contributed by atoms with Crippen LogP contribution >= 0.6 is 7.82 Å². The molecule has 10 nitrogen and oxygen atoms in total. The first kappa shape index (κ1) is 58.4. The van der Waals surface area contributed by atoms with Crippen molar-refractivity contribution in [2.24, 2.45) is 5.73 Å². The summed E-state index contributed by atoms with van der Waals surface area (Å²) >= 11 is 0. The van der Waals surface area contributed by atoms with Crippen LogP contribution in [0.25, 0.3) is 0 Å². The summed E-state index contributed by atoms with van der Waals surface area (Å²) < 4.78 is 33.4. The molecule has 61 heavy (non-hydrogen) atoms. The Morgan fingerprint density at radius 3 is 1.44 bits per heavy atom. The number of esters is 1. The fourth-order valence-electron chi connectivity index (χ4n) is 6.28. The highest BCUT2D eigenvalue weighted by Gasteiger charge is 2.27. The maximum atomic E-state index is 12.6. The van der Waals surface area contributed by atoms with Crippen molar-refractivity contribution in [1.29, 1.82) is 0 Å². The standard InChI is InChI=1S/C50H88NO9P/c1-3-5-7-9-11-13-15-17-19-21-22-23-24-25-27-29-31-33-35-37-39-41-43-57-44-47(45-58-61(55,56)59-46-48(51)50(53)54)60-49(52)42-40-38-36-34-32-30-28-26-20-18-16-14-12-10-8-6-4-2/h6,8,12,14,18,20-22,28,30,34,36,47-48H,3-5,7,9-11,13,15-17,19,23-27,29,31-33,35,37-46,51H2,1-2H3,(H,53,54)(H,55,56)/b8-6-,14-12-,20-18-,22-21-,30-28-,36-34-. The van der Waals surface area contributed by atoms with Gasteiger partial charge in [-0.15, -0.1) is 0 Å². The zero-order chi connectivity index (χ0) is 44.8. The molecule has 0 aliphatic heterocycles. The van der Waals surface area contributed by atoms with Gasteiger partial charge in [-0.25, -0.2) is 4.57 Å². The minimum Gasteiger partial charge on any atom is -0.480 e. The van der Waals surface area contributed by atoms with E-state index in [0.717, 1.165) is 51.4 Å². The van der Waals surface area contributed by atoms with Crippen LogP contribution in [0.4, 0.5) is 0 Å². The number of hydrogen-bond donors (Lipinski definition) is 3. The number of allylic oxidation sites excluding steroid dienone is 12. The number of aliphatic carboxylic acids is 1. The number of unbranched alkanes of at least 4 members (excludes halogenated alkanes) is 19. The monoisotopic (exact) mass is 878 g/mol. The Balaban J connectivity index is 4.24. The molecule has 0 aliphatic carbocycles. The van der Waals surface area contributed by atoms with E-state index < -0.39 is 45.1 Å². The maximum absolute atomic E-state index is 12.6. The van der Waals surface area contributed by atoms with Crippen LogP contribution in [0.15, 0.2) is 72.9 Å². The molecule has 11 heteroatoms. The molecule has 3 unspecified atom stereocenters. The summed E-state index contributed by atoms with van der Waals surface area (Å²) in [7, 11) is -4.64. The molecular formula is C50H88NO9P. The van der Waals surface area contributed by atoms with E-state index in [1.807, 2.05) is 6.08 Å². The summed E-state index contributed by atoms with van der Waals surface area (Å²) in [6.07, 6.45) is 56.8. The molecule has 0 bridgehead atoms. The number of carboxylic acid groups (broad SMARTS) is 1. The van der Waals surface area contributed by atoms with E-state index in [-0.39, 0.29) is 13.0 Å². The van der Waals surface area contributed by atoms with E-state index in [1.54, 1.807) is 0 Å². The first-order valence-corrected chi connectivity index (χ1v) is 25.5. The molecular weight excluding hydrogens is 790 g/mol. The average molecular weight is 878 g/mol. The van der Waals surface area contributed by atoms with Gasteiger partial charge in [0, 0.05) is 13.0 Å². The number of phosphoric acid groups is 1. The quantitative estimate of drug-likeness (QED) is 0.0233. The van der Waals surface area contributed by atoms with Crippen molar-refractivity contribution in [3.63, 3.8) is 0 Å². The summed E-state index contributed by atoms with van der Waals surface area (Å²) in [5.74, 6) is -1.84. The molecule has 0 aromatic heterocycles. The van der Waals surface area contributed by atoms with Crippen molar-refractivity contribution in [2.45, 2.75) is 206 Å². The van der Waals surface area contributed by atoms with Gasteiger partial charge in [0.25, 0.3) is 0 Å². The Morgan fingerprint density at radius 2 is 0.951 bits per heavy atom. The van der Waals surface area contributed by atoms with Gasteiger partial charge in [0.15, 0.2) is 0 Å². The van der Waals surface area contributed by atoms with Gasteiger partial charge in [0.2, 0.25) is 0 Å². The Kier molecular flexibility index (Phi) is 43.5. The van der Waals surface area contributed by atoms with Gasteiger partial charge in [-0.05, 0) is 77.0 Å². The second kappa shape index (κ2) is 45.4. The average Bonchev–Trinajstić information content (AvgIpc) is 3.24. The lowest BCUT2D eigenvalue weighted by Gasteiger charge is -2.20. The molecule has 0 aromatic carbocycles. The van der Waals surface area contributed by atoms with E-state index in [4.69, 9.17) is 29.4 Å². The third-order valence-electron chi connectivity index (χ3n) is 9.97. The van der Waals surface area contributed by atoms with Crippen molar-refractivity contribution >= 4 is 19.8 Å². The summed E-state index contributed by atoms with van der Waals surface area (Å²) in [5.41, 5.74) is 5.36. The van der Waals surface area contributed by atoms with Crippen LogP contribution in [0.3, 0.4) is 0 Å². The molecule has 0 heterocycles. The Hall–Kier alpha value is -2.59. The first-order valence-electron chi connectivity index (χ1n) is 24.0. The van der Waals surface area contributed by atoms with Crippen LogP contribution in [0.1, 0.15) is 194 Å². The normalized spacial score (nSPS) is 14.4. The van der Waals surface area contributed by atoms with Crippen molar-refractivity contribution in [1.82, 2.24) is 0 Å². The highest BCUT2D eigenvalue weighted by atomic mass is 31.2. The number of carboxylic acids is 1. The van der Waals surface area contributed by atoms with Crippen molar-refractivity contribution in [2.75, 3.05) is 26.4 Å². The minimum atomic E-state index is -4.64. The predicted molar refractivity (Wildman–Crippen MR) is 254 cm³/mol. The van der Waals surface area contributed by atoms with Gasteiger partial charge in [-0.2, -0.15) is 0 Å². The largest absolute Gasteiger partial charge is 0.480 e. The molecule has 0 rings (SSSR count). The summed E-state index contributed by atoms with van der Waals surface area (Å²) in [5, 5.41) is 8.91. The van der Waals surface area contributed by atoms with E-state index >= 15 is 0 Å². The smallest absolute Gasteiger partial charge is 0.472 e. The fraction of sp³-hybridized carbons (Fsp3) is 0.720. The van der Waals surface area contributed by atoms with Crippen molar-refractivity contribution in [3.05, 3.63) is 72.9 Å². The highest BCUT2D eigenvalue weighted by molar-refractivity contribution is 7.47. The third kappa shape index (κ3) is 45.3. The van der Waals surface area contributed by atoms with Crippen LogP contribution in [0.2, 0.25) is 0 Å². The topological polar surface area (TPSA) is 155 Å². The van der Waals surface area contributed by atoms with Gasteiger partial charge in [0.05, 0.1) is 19.8 Å². The van der Waals surface area contributed by atoms with Gasteiger partial charge >= 0.3 is 19.8 Å². The zero-order valence-electron chi connectivity index (χ0n) is 38.5. The highest BCUT2D eigenvalue weighted by Crippen LogP contribution is 2.43. The molecule has 0 saturated carbocycles. The zero-order valence-corrected chi connectivity index (χ0v) is 39.4. The van der Waals surface area contributed by atoms with Crippen LogP contribution < -0.4 is 5.73 Å². The number of phosphoric ester groups is 1.